The molecule has 0 spiro atoms. The maximum absolute atomic E-state index is 12.0. The molecule has 0 aliphatic carbocycles. The third-order valence-electron chi connectivity index (χ3n) is 2.37. The smallest absolute Gasteiger partial charge is 0.323 e. The highest BCUT2D eigenvalue weighted by molar-refractivity contribution is 9.09. The molecule has 0 heterocycles. The topological polar surface area (TPSA) is 52.6 Å². The monoisotopic (exact) mass is 372 g/mol. The number of rotatable bonds is 8. The van der Waals surface area contributed by atoms with E-state index in [-0.39, 0.29) is 13.2 Å². The molecule has 0 aliphatic rings. The number of halogens is 2. The molecule has 0 radical (unpaired) electrons. The van der Waals surface area contributed by atoms with Gasteiger partial charge >= 0.3 is 11.9 Å². The lowest BCUT2D eigenvalue weighted by atomic mass is 9.82. The molecule has 17 heavy (non-hydrogen) atoms. The summed E-state index contributed by atoms with van der Waals surface area (Å²) in [5.74, 6) is -1.00. The number of alkyl halides is 2. The number of ether oxygens (including phenoxy) is 2. The highest BCUT2D eigenvalue weighted by Crippen LogP contribution is 2.32. The molecule has 0 aromatic carbocycles. The molecule has 6 heteroatoms. The van der Waals surface area contributed by atoms with E-state index in [0.29, 0.717) is 23.5 Å². The van der Waals surface area contributed by atoms with Gasteiger partial charge in [-0.2, -0.15) is 0 Å². The van der Waals surface area contributed by atoms with E-state index in [1.807, 2.05) is 0 Å². The van der Waals surface area contributed by atoms with Crippen LogP contribution in [0.5, 0.6) is 0 Å². The molecule has 0 saturated heterocycles. The number of hydrogen-bond donors (Lipinski definition) is 0. The lowest BCUT2D eigenvalue weighted by molar-refractivity contribution is -0.172. The third-order valence-corrected chi connectivity index (χ3v) is 3.17. The first-order valence-electron chi connectivity index (χ1n) is 5.55. The minimum Gasteiger partial charge on any atom is -0.465 e. The Morgan fingerprint density at radius 1 is 0.941 bits per heavy atom. The van der Waals surface area contributed by atoms with Crippen molar-refractivity contribution in [2.75, 3.05) is 23.9 Å². The molecule has 0 aliphatic heterocycles. The number of esters is 2. The Balaban J connectivity index is 5.09. The normalized spacial score (nSPS) is 11.1. The number of carbonyl (C=O) groups excluding carboxylic acids is 2. The highest BCUT2D eigenvalue weighted by atomic mass is 79.9. The summed E-state index contributed by atoms with van der Waals surface area (Å²) in [4.78, 5) is 24.0. The molecule has 0 unspecified atom stereocenters. The molecular weight excluding hydrogens is 356 g/mol. The molecule has 0 amide bonds. The molecule has 0 saturated carbocycles. The second-order valence-corrected chi connectivity index (χ2v) is 4.99. The number of carbonyl (C=O) groups is 2. The Hall–Kier alpha value is -0.100. The van der Waals surface area contributed by atoms with E-state index in [9.17, 15) is 9.59 Å². The van der Waals surface area contributed by atoms with Crippen LogP contribution in [-0.4, -0.2) is 35.8 Å². The van der Waals surface area contributed by atoms with Gasteiger partial charge in [-0.1, -0.05) is 31.9 Å². The van der Waals surface area contributed by atoms with Gasteiger partial charge in [0, 0.05) is 10.7 Å². The molecule has 0 atom stereocenters. The molecule has 0 bridgehead atoms. The first-order chi connectivity index (χ1) is 8.08. The maximum Gasteiger partial charge on any atom is 0.323 e. The van der Waals surface area contributed by atoms with Crippen molar-refractivity contribution in [2.24, 2.45) is 5.41 Å². The summed E-state index contributed by atoms with van der Waals surface area (Å²) in [6, 6.07) is 0. The molecule has 100 valence electrons. The summed E-state index contributed by atoms with van der Waals surface area (Å²) in [7, 11) is 0. The molecule has 0 aromatic heterocycles. The maximum atomic E-state index is 12.0. The fourth-order valence-electron chi connectivity index (χ4n) is 1.48. The van der Waals surface area contributed by atoms with Crippen molar-refractivity contribution in [3.63, 3.8) is 0 Å². The molecule has 0 aromatic rings. The fraction of sp³-hybridized carbons (Fsp3) is 0.818. The van der Waals surface area contributed by atoms with Gasteiger partial charge in [0.05, 0.1) is 13.2 Å². The largest absolute Gasteiger partial charge is 0.465 e. The summed E-state index contributed by atoms with van der Waals surface area (Å²) in [6.07, 6.45) is 0.743. The van der Waals surface area contributed by atoms with E-state index in [1.165, 1.54) is 0 Å². The van der Waals surface area contributed by atoms with E-state index in [4.69, 9.17) is 9.47 Å². The van der Waals surface area contributed by atoms with Gasteiger partial charge in [-0.3, -0.25) is 9.59 Å². The summed E-state index contributed by atoms with van der Waals surface area (Å²) in [5, 5.41) is 1.08. The SMILES string of the molecule is CCOC(=O)C(CCBr)(CCBr)C(=O)OCC. The van der Waals surface area contributed by atoms with E-state index in [1.54, 1.807) is 13.8 Å². The van der Waals surface area contributed by atoms with Crippen LogP contribution in [0.4, 0.5) is 0 Å². The first-order valence-corrected chi connectivity index (χ1v) is 7.79. The Bertz CT molecular complexity index is 230. The molecule has 0 fully saturated rings. The van der Waals surface area contributed by atoms with Gasteiger partial charge in [-0.25, -0.2) is 0 Å². The van der Waals surface area contributed by atoms with Gasteiger partial charge in [0.2, 0.25) is 0 Å². The van der Waals surface area contributed by atoms with Crippen LogP contribution in [0.3, 0.4) is 0 Å². The van der Waals surface area contributed by atoms with Gasteiger partial charge in [0.25, 0.3) is 0 Å². The van der Waals surface area contributed by atoms with Gasteiger partial charge in [-0.15, -0.1) is 0 Å². The average molecular weight is 374 g/mol. The van der Waals surface area contributed by atoms with Crippen molar-refractivity contribution < 1.29 is 19.1 Å². The van der Waals surface area contributed by atoms with E-state index in [2.05, 4.69) is 31.9 Å². The summed E-state index contributed by atoms with van der Waals surface area (Å²) < 4.78 is 10.00. The average Bonchev–Trinajstić information content (AvgIpc) is 2.29. The van der Waals surface area contributed by atoms with Crippen molar-refractivity contribution in [1.29, 1.82) is 0 Å². The molecule has 0 N–H and O–H groups in total. The molecule has 4 nitrogen and oxygen atoms in total. The standard InChI is InChI=1S/C11H18Br2O4/c1-3-16-9(14)11(5-7-12,6-8-13)10(15)17-4-2/h3-8H2,1-2H3. The van der Waals surface area contributed by atoms with Crippen molar-refractivity contribution in [2.45, 2.75) is 26.7 Å². The van der Waals surface area contributed by atoms with Gasteiger partial charge in [0.1, 0.15) is 0 Å². The summed E-state index contributed by atoms with van der Waals surface area (Å²) >= 11 is 6.53. The summed E-state index contributed by atoms with van der Waals surface area (Å²) in [6.45, 7) is 3.95. The van der Waals surface area contributed by atoms with Gasteiger partial charge in [0.15, 0.2) is 5.41 Å². The Labute approximate surface area is 119 Å². The van der Waals surface area contributed by atoms with E-state index in [0.717, 1.165) is 0 Å². The summed E-state index contributed by atoms with van der Waals surface area (Å²) in [5.41, 5.74) is -1.20. The second-order valence-electron chi connectivity index (χ2n) is 3.40. The minimum absolute atomic E-state index is 0.255. The second kappa shape index (κ2) is 8.91. The zero-order valence-corrected chi connectivity index (χ0v) is 13.3. The molecule has 0 rings (SSSR count). The third kappa shape index (κ3) is 4.58. The van der Waals surface area contributed by atoms with Crippen LogP contribution in [0.15, 0.2) is 0 Å². The quantitative estimate of drug-likeness (QED) is 0.373. The predicted molar refractivity (Wildman–Crippen MR) is 72.5 cm³/mol. The van der Waals surface area contributed by atoms with Gasteiger partial charge in [-0.05, 0) is 26.7 Å². The highest BCUT2D eigenvalue weighted by Gasteiger charge is 2.47. The Morgan fingerprint density at radius 2 is 1.29 bits per heavy atom. The van der Waals surface area contributed by atoms with Crippen LogP contribution in [0.2, 0.25) is 0 Å². The van der Waals surface area contributed by atoms with E-state index < -0.39 is 17.4 Å². The van der Waals surface area contributed by atoms with Crippen LogP contribution >= 0.6 is 31.9 Å². The van der Waals surface area contributed by atoms with Crippen LogP contribution in [-0.2, 0) is 19.1 Å². The van der Waals surface area contributed by atoms with Gasteiger partial charge < -0.3 is 9.47 Å². The van der Waals surface area contributed by atoms with Crippen molar-refractivity contribution >= 4 is 43.8 Å². The van der Waals surface area contributed by atoms with Crippen LogP contribution in [0.1, 0.15) is 26.7 Å². The van der Waals surface area contributed by atoms with Crippen LogP contribution < -0.4 is 0 Å². The van der Waals surface area contributed by atoms with Crippen molar-refractivity contribution in [3.05, 3.63) is 0 Å². The fourth-order valence-corrected chi connectivity index (χ4v) is 2.83. The van der Waals surface area contributed by atoms with Crippen molar-refractivity contribution in [3.8, 4) is 0 Å². The minimum atomic E-state index is -1.20. The Kier molecular flexibility index (Phi) is 8.86. The Morgan fingerprint density at radius 3 is 1.53 bits per heavy atom. The zero-order chi connectivity index (χ0) is 13.3. The lowest BCUT2D eigenvalue weighted by Crippen LogP contribution is -2.43. The first kappa shape index (κ1) is 16.9. The van der Waals surface area contributed by atoms with Crippen LogP contribution in [0.25, 0.3) is 0 Å². The van der Waals surface area contributed by atoms with E-state index >= 15 is 0 Å². The lowest BCUT2D eigenvalue weighted by Gasteiger charge is -2.27. The van der Waals surface area contributed by atoms with Crippen molar-refractivity contribution in [1.82, 2.24) is 0 Å². The zero-order valence-electron chi connectivity index (χ0n) is 10.1. The number of hydrogen-bond acceptors (Lipinski definition) is 4. The molecular formula is C11H18Br2O4. The van der Waals surface area contributed by atoms with Crippen LogP contribution in [0, 0.1) is 5.41 Å². The predicted octanol–water partition coefficient (Wildman–Crippen LogP) is 2.67.